The Morgan fingerprint density at radius 1 is 0.615 bits per heavy atom. The van der Waals surface area contributed by atoms with Crippen LogP contribution in [0.25, 0.3) is 0 Å². The fraction of sp³-hybridized carbons (Fsp3) is 0.231. The van der Waals surface area contributed by atoms with Crippen LogP contribution in [0.1, 0.15) is 48.9 Å². The molecule has 0 N–H and O–H groups in total. The highest BCUT2D eigenvalue weighted by Crippen LogP contribution is 2.07. The van der Waals surface area contributed by atoms with E-state index < -0.39 is 0 Å². The number of hydrogen-bond donors (Lipinski definition) is 0. The number of hydrogen-bond acceptors (Lipinski definition) is 0. The smallest absolute Gasteiger partial charge is 0.0255 e. The molecule has 0 radical (unpaired) electrons. The lowest BCUT2D eigenvalue weighted by molar-refractivity contribution is 0.999. The molecular weight excluding hydrogens is 312 g/mol. The average Bonchev–Trinajstić information content (AvgIpc) is 2.68. The second kappa shape index (κ2) is 11.6. The highest BCUT2D eigenvalue weighted by Gasteiger charge is 1.92. The average molecular weight is 338 g/mol. The molecule has 2 aromatic rings. The van der Waals surface area contributed by atoms with E-state index in [1.807, 2.05) is 0 Å². The largest absolute Gasteiger partial charge is 0.0917 e. The van der Waals surface area contributed by atoms with Gasteiger partial charge in [-0.05, 0) is 86.8 Å². The van der Waals surface area contributed by atoms with Crippen LogP contribution in [0.15, 0.2) is 72.8 Å². The van der Waals surface area contributed by atoms with Crippen LogP contribution in [-0.2, 0) is 12.8 Å². The lowest BCUT2D eigenvalue weighted by Gasteiger charge is -1.98. The third-order valence-electron chi connectivity index (χ3n) is 4.05. The Morgan fingerprint density at radius 2 is 1.00 bits per heavy atom. The van der Waals surface area contributed by atoms with Gasteiger partial charge in [0.1, 0.15) is 0 Å². The number of allylic oxidation sites excluding steroid dienone is 4. The normalized spacial score (nSPS) is 10.4. The molecule has 2 aromatic carbocycles. The van der Waals surface area contributed by atoms with E-state index in [-0.39, 0.29) is 0 Å². The highest BCUT2D eigenvalue weighted by molar-refractivity contribution is 5.45. The summed E-state index contributed by atoms with van der Waals surface area (Å²) in [6.45, 7) is 4.11. The summed E-state index contributed by atoms with van der Waals surface area (Å²) in [7, 11) is 0. The predicted octanol–water partition coefficient (Wildman–Crippen LogP) is 6.11. The Labute approximate surface area is 158 Å². The second-order valence-corrected chi connectivity index (χ2v) is 6.11. The van der Waals surface area contributed by atoms with Gasteiger partial charge in [0.05, 0.1) is 0 Å². The summed E-state index contributed by atoms with van der Waals surface area (Å²) in [4.78, 5) is 0. The summed E-state index contributed by atoms with van der Waals surface area (Å²) in [6.07, 6.45) is 12.9. The maximum absolute atomic E-state index is 3.11. The molecule has 0 aliphatic heterocycles. The third-order valence-corrected chi connectivity index (χ3v) is 4.05. The molecule has 0 saturated heterocycles. The van der Waals surface area contributed by atoms with Gasteiger partial charge >= 0.3 is 0 Å². The summed E-state index contributed by atoms with van der Waals surface area (Å²) >= 11 is 0. The second-order valence-electron chi connectivity index (χ2n) is 6.11. The molecule has 0 fully saturated rings. The molecule has 0 aliphatic carbocycles. The van der Waals surface area contributed by atoms with Crippen LogP contribution in [0, 0.1) is 23.7 Å². The molecular formula is C26H26. The maximum atomic E-state index is 3.11. The molecule has 0 unspecified atom stereocenters. The summed E-state index contributed by atoms with van der Waals surface area (Å²) in [5, 5.41) is 0. The van der Waals surface area contributed by atoms with Crippen molar-refractivity contribution in [2.75, 3.05) is 0 Å². The van der Waals surface area contributed by atoms with E-state index in [2.05, 4.69) is 110 Å². The van der Waals surface area contributed by atoms with Gasteiger partial charge in [0, 0.05) is 11.1 Å². The van der Waals surface area contributed by atoms with Crippen molar-refractivity contribution in [2.24, 2.45) is 0 Å². The molecule has 0 aliphatic rings. The molecule has 0 bridgehead atoms. The van der Waals surface area contributed by atoms with Crippen molar-refractivity contribution >= 4 is 0 Å². The van der Waals surface area contributed by atoms with E-state index in [0.717, 1.165) is 36.8 Å². The van der Waals surface area contributed by atoms with Crippen LogP contribution < -0.4 is 0 Å². The monoisotopic (exact) mass is 338 g/mol. The van der Waals surface area contributed by atoms with Gasteiger partial charge in [-0.1, -0.05) is 60.4 Å². The van der Waals surface area contributed by atoms with Crippen molar-refractivity contribution < 1.29 is 0 Å². The molecule has 0 nitrogen and oxygen atoms in total. The Balaban J connectivity index is 1.89. The molecule has 0 aromatic heterocycles. The molecule has 0 amide bonds. The van der Waals surface area contributed by atoms with Crippen LogP contribution in [0.3, 0.4) is 0 Å². The Hall–Kier alpha value is -2.96. The van der Waals surface area contributed by atoms with Crippen molar-refractivity contribution in [3.05, 3.63) is 95.1 Å². The first-order chi connectivity index (χ1) is 12.8. The van der Waals surface area contributed by atoms with Crippen molar-refractivity contribution in [1.29, 1.82) is 0 Å². The van der Waals surface area contributed by atoms with Gasteiger partial charge in [-0.15, -0.1) is 0 Å². The lowest BCUT2D eigenvalue weighted by Crippen LogP contribution is -1.84. The van der Waals surface area contributed by atoms with Crippen LogP contribution in [0.2, 0.25) is 0 Å². The topological polar surface area (TPSA) is 0 Å². The van der Waals surface area contributed by atoms with Gasteiger partial charge in [0.2, 0.25) is 0 Å². The summed E-state index contributed by atoms with van der Waals surface area (Å²) in [5.74, 6) is 12.1. The fourth-order valence-corrected chi connectivity index (χ4v) is 2.55. The first-order valence-corrected chi connectivity index (χ1v) is 9.24. The van der Waals surface area contributed by atoms with Crippen LogP contribution in [0.5, 0.6) is 0 Å². The van der Waals surface area contributed by atoms with E-state index in [0.29, 0.717) is 0 Å². The fourth-order valence-electron chi connectivity index (χ4n) is 2.55. The summed E-state index contributed by atoms with van der Waals surface area (Å²) < 4.78 is 0. The molecule has 0 spiro atoms. The first-order valence-electron chi connectivity index (χ1n) is 9.24. The zero-order valence-corrected chi connectivity index (χ0v) is 15.8. The molecule has 0 heterocycles. The number of aryl methyl sites for hydroxylation is 2. The minimum Gasteiger partial charge on any atom is -0.0917 e. The molecule has 0 saturated carbocycles. The van der Waals surface area contributed by atoms with Crippen LogP contribution in [-0.4, -0.2) is 0 Å². The standard InChI is InChI=1S/C26H26/c1-3-5-7-11-23-15-19-25(20-16-23)13-9-10-14-26-21-17-24(18-22-26)12-8-6-4-2/h3-6,15-22H,7-8,11-12H2,1-2H3/b5-3+,6-4+. The number of benzene rings is 2. The van der Waals surface area contributed by atoms with E-state index >= 15 is 0 Å². The SMILES string of the molecule is C/C=C/CCc1ccc(C#CC#Cc2ccc(CC/C=C/C)cc2)cc1. The van der Waals surface area contributed by atoms with E-state index in [1.54, 1.807) is 0 Å². The van der Waals surface area contributed by atoms with Crippen LogP contribution >= 0.6 is 0 Å². The van der Waals surface area contributed by atoms with E-state index in [9.17, 15) is 0 Å². The Kier molecular flexibility index (Phi) is 8.62. The summed E-state index contributed by atoms with van der Waals surface area (Å²) in [6, 6.07) is 16.9. The van der Waals surface area contributed by atoms with Crippen molar-refractivity contribution in [2.45, 2.75) is 39.5 Å². The number of rotatable bonds is 6. The Morgan fingerprint density at radius 3 is 1.35 bits per heavy atom. The predicted molar refractivity (Wildman–Crippen MR) is 113 cm³/mol. The van der Waals surface area contributed by atoms with Gasteiger partial charge in [0.15, 0.2) is 0 Å². The zero-order chi connectivity index (χ0) is 18.5. The van der Waals surface area contributed by atoms with Crippen molar-refractivity contribution in [3.8, 4) is 23.7 Å². The maximum Gasteiger partial charge on any atom is 0.0255 e. The first kappa shape index (κ1) is 19.4. The van der Waals surface area contributed by atoms with Gasteiger partial charge in [0.25, 0.3) is 0 Å². The van der Waals surface area contributed by atoms with Gasteiger partial charge in [-0.2, -0.15) is 0 Å². The van der Waals surface area contributed by atoms with Gasteiger partial charge < -0.3 is 0 Å². The molecule has 0 heteroatoms. The lowest BCUT2D eigenvalue weighted by atomic mass is 10.1. The Bertz CT molecular complexity index is 763. The van der Waals surface area contributed by atoms with Crippen molar-refractivity contribution in [1.82, 2.24) is 0 Å². The quantitative estimate of drug-likeness (QED) is 0.440. The van der Waals surface area contributed by atoms with E-state index in [1.165, 1.54) is 11.1 Å². The van der Waals surface area contributed by atoms with Gasteiger partial charge in [-0.3, -0.25) is 0 Å². The highest BCUT2D eigenvalue weighted by atomic mass is 14.0. The summed E-state index contributed by atoms with van der Waals surface area (Å²) in [5.41, 5.74) is 4.70. The molecule has 0 atom stereocenters. The zero-order valence-electron chi connectivity index (χ0n) is 15.8. The minimum atomic E-state index is 1.01. The third kappa shape index (κ3) is 7.29. The molecule has 26 heavy (non-hydrogen) atoms. The van der Waals surface area contributed by atoms with E-state index in [4.69, 9.17) is 0 Å². The van der Waals surface area contributed by atoms with Crippen molar-refractivity contribution in [3.63, 3.8) is 0 Å². The van der Waals surface area contributed by atoms with Gasteiger partial charge in [-0.25, -0.2) is 0 Å². The molecule has 130 valence electrons. The minimum absolute atomic E-state index is 1.01. The van der Waals surface area contributed by atoms with Crippen LogP contribution in [0.4, 0.5) is 0 Å². The molecule has 2 rings (SSSR count).